The Balaban J connectivity index is 2.33. The fourth-order valence-electron chi connectivity index (χ4n) is 1.59. The second-order valence-corrected chi connectivity index (χ2v) is 5.00. The number of nitriles is 1. The Hall–Kier alpha value is -1.30. The second kappa shape index (κ2) is 5.35. The molecule has 3 heteroatoms. The van der Waals surface area contributed by atoms with Crippen molar-refractivity contribution in [3.8, 4) is 6.07 Å². The van der Waals surface area contributed by atoms with E-state index in [4.69, 9.17) is 16.9 Å². The molecule has 0 fully saturated rings. The molecule has 0 N–H and O–H groups in total. The van der Waals surface area contributed by atoms with Gasteiger partial charge in [-0.3, -0.25) is 0 Å². The average molecular weight is 307 g/mol. The summed E-state index contributed by atoms with van der Waals surface area (Å²) in [6, 6.07) is 17.4. The summed E-state index contributed by atoms with van der Waals surface area (Å²) in [4.78, 5) is 0.0769. The van der Waals surface area contributed by atoms with Crippen LogP contribution in [0.4, 0.5) is 0 Å². The summed E-state index contributed by atoms with van der Waals surface area (Å²) in [6.45, 7) is 0. The van der Waals surface area contributed by atoms with E-state index in [9.17, 15) is 0 Å². The number of alkyl halides is 1. The van der Waals surface area contributed by atoms with Crippen molar-refractivity contribution < 1.29 is 0 Å². The topological polar surface area (TPSA) is 23.8 Å². The van der Waals surface area contributed by atoms with Crippen LogP contribution in [0.15, 0.2) is 48.5 Å². The lowest BCUT2D eigenvalue weighted by Crippen LogP contribution is -1.92. The molecule has 0 aliphatic carbocycles. The lowest BCUT2D eigenvalue weighted by Gasteiger charge is -2.10. The van der Waals surface area contributed by atoms with Crippen LogP contribution in [-0.4, -0.2) is 0 Å². The molecule has 0 saturated carbocycles. The first-order valence-electron chi connectivity index (χ1n) is 5.10. The summed E-state index contributed by atoms with van der Waals surface area (Å²) in [5, 5.41) is 9.59. The third-order valence-corrected chi connectivity index (χ3v) is 3.78. The van der Waals surface area contributed by atoms with Crippen LogP contribution < -0.4 is 0 Å². The van der Waals surface area contributed by atoms with E-state index in [-0.39, 0.29) is 4.83 Å². The van der Waals surface area contributed by atoms with Gasteiger partial charge < -0.3 is 0 Å². The first-order chi connectivity index (χ1) is 8.20. The monoisotopic (exact) mass is 305 g/mol. The van der Waals surface area contributed by atoms with Gasteiger partial charge in [0, 0.05) is 5.02 Å². The van der Waals surface area contributed by atoms with Gasteiger partial charge in [-0.15, -0.1) is 0 Å². The summed E-state index contributed by atoms with van der Waals surface area (Å²) in [5.74, 6) is 0. The predicted octanol–water partition coefficient (Wildman–Crippen LogP) is 4.70. The molecule has 0 spiro atoms. The molecule has 1 nitrogen and oxygen atoms in total. The molecular weight excluding hydrogens is 298 g/mol. The number of hydrogen-bond acceptors (Lipinski definition) is 1. The van der Waals surface area contributed by atoms with Crippen molar-refractivity contribution in [2.75, 3.05) is 0 Å². The van der Waals surface area contributed by atoms with Crippen LogP contribution in [-0.2, 0) is 0 Å². The maximum Gasteiger partial charge on any atom is 0.0991 e. The van der Waals surface area contributed by atoms with Crippen molar-refractivity contribution in [2.45, 2.75) is 4.83 Å². The molecule has 2 aromatic rings. The molecule has 0 aromatic heterocycles. The average Bonchev–Trinajstić information content (AvgIpc) is 2.39. The Labute approximate surface area is 114 Å². The molecule has 0 heterocycles. The van der Waals surface area contributed by atoms with E-state index in [1.807, 2.05) is 42.5 Å². The van der Waals surface area contributed by atoms with Crippen molar-refractivity contribution in [1.82, 2.24) is 0 Å². The van der Waals surface area contributed by atoms with Crippen LogP contribution in [0.3, 0.4) is 0 Å². The van der Waals surface area contributed by atoms with Gasteiger partial charge in [0.2, 0.25) is 0 Å². The van der Waals surface area contributed by atoms with Crippen LogP contribution in [0, 0.1) is 11.3 Å². The van der Waals surface area contributed by atoms with Gasteiger partial charge >= 0.3 is 0 Å². The third-order valence-electron chi connectivity index (χ3n) is 2.47. The minimum atomic E-state index is 0.0769. The largest absolute Gasteiger partial charge is 0.192 e. The normalized spacial score (nSPS) is 11.8. The maximum atomic E-state index is 8.87. The molecule has 0 radical (unpaired) electrons. The molecule has 2 aromatic carbocycles. The molecule has 2 rings (SSSR count). The van der Waals surface area contributed by atoms with Gasteiger partial charge in [0.25, 0.3) is 0 Å². The SMILES string of the molecule is N#Cc1cccc([C@@H](Br)c2ccc(Cl)cc2)c1. The minimum absolute atomic E-state index is 0.0769. The van der Waals surface area contributed by atoms with Crippen LogP contribution >= 0.6 is 27.5 Å². The number of rotatable bonds is 2. The summed E-state index contributed by atoms with van der Waals surface area (Å²) in [5.41, 5.74) is 2.84. The highest BCUT2D eigenvalue weighted by Gasteiger charge is 2.10. The lowest BCUT2D eigenvalue weighted by atomic mass is 10.0. The fourth-order valence-corrected chi connectivity index (χ4v) is 2.31. The minimum Gasteiger partial charge on any atom is -0.192 e. The van der Waals surface area contributed by atoms with E-state index >= 15 is 0 Å². The zero-order valence-corrected chi connectivity index (χ0v) is 11.2. The number of nitrogens with zero attached hydrogens (tertiary/aromatic N) is 1. The molecule has 0 aliphatic rings. The second-order valence-electron chi connectivity index (χ2n) is 3.65. The standard InChI is InChI=1S/C14H9BrClN/c15-14(11-4-6-13(16)7-5-11)12-3-1-2-10(8-12)9-17/h1-8,14H/t14-/m0/s1. The molecule has 17 heavy (non-hydrogen) atoms. The molecule has 0 bridgehead atoms. The lowest BCUT2D eigenvalue weighted by molar-refractivity contribution is 1.17. The highest BCUT2D eigenvalue weighted by Crippen LogP contribution is 2.31. The van der Waals surface area contributed by atoms with Crippen LogP contribution in [0.2, 0.25) is 5.02 Å². The molecule has 0 unspecified atom stereocenters. The highest BCUT2D eigenvalue weighted by molar-refractivity contribution is 9.09. The summed E-state index contributed by atoms with van der Waals surface area (Å²) >= 11 is 9.48. The van der Waals surface area contributed by atoms with Crippen LogP contribution in [0.25, 0.3) is 0 Å². The Morgan fingerprint density at radius 2 is 1.76 bits per heavy atom. The molecule has 0 saturated heterocycles. The summed E-state index contributed by atoms with van der Waals surface area (Å²) in [7, 11) is 0. The van der Waals surface area contributed by atoms with E-state index in [1.165, 1.54) is 0 Å². The highest BCUT2D eigenvalue weighted by atomic mass is 79.9. The predicted molar refractivity (Wildman–Crippen MR) is 73.4 cm³/mol. The summed E-state index contributed by atoms with van der Waals surface area (Å²) < 4.78 is 0. The first-order valence-corrected chi connectivity index (χ1v) is 6.39. The smallest absolute Gasteiger partial charge is 0.0991 e. The van der Waals surface area contributed by atoms with Crippen molar-refractivity contribution in [2.24, 2.45) is 0 Å². The van der Waals surface area contributed by atoms with Gasteiger partial charge in [-0.25, -0.2) is 0 Å². The number of benzene rings is 2. The van der Waals surface area contributed by atoms with Crippen molar-refractivity contribution in [3.63, 3.8) is 0 Å². The molecule has 0 amide bonds. The van der Waals surface area contributed by atoms with Gasteiger partial charge in [-0.05, 0) is 35.4 Å². The Morgan fingerprint density at radius 1 is 1.06 bits per heavy atom. The quantitative estimate of drug-likeness (QED) is 0.738. The van der Waals surface area contributed by atoms with Crippen LogP contribution in [0.1, 0.15) is 21.5 Å². The van der Waals surface area contributed by atoms with Gasteiger partial charge in [0.15, 0.2) is 0 Å². The Morgan fingerprint density at radius 3 is 2.41 bits per heavy atom. The number of hydrogen-bond donors (Lipinski definition) is 0. The van der Waals surface area contributed by atoms with Crippen molar-refractivity contribution in [1.29, 1.82) is 5.26 Å². The van der Waals surface area contributed by atoms with E-state index < -0.39 is 0 Å². The first kappa shape index (κ1) is 12.2. The fraction of sp³-hybridized carbons (Fsp3) is 0.0714. The van der Waals surface area contributed by atoms with Gasteiger partial charge in [0.1, 0.15) is 0 Å². The third kappa shape index (κ3) is 2.88. The van der Waals surface area contributed by atoms with Crippen LogP contribution in [0.5, 0.6) is 0 Å². The Bertz CT molecular complexity index is 557. The van der Waals surface area contributed by atoms with E-state index in [0.717, 1.165) is 16.1 Å². The van der Waals surface area contributed by atoms with Gasteiger partial charge in [-0.2, -0.15) is 5.26 Å². The summed E-state index contributed by atoms with van der Waals surface area (Å²) in [6.07, 6.45) is 0. The molecule has 84 valence electrons. The molecular formula is C14H9BrClN. The van der Waals surface area contributed by atoms with Gasteiger partial charge in [-0.1, -0.05) is 51.8 Å². The van der Waals surface area contributed by atoms with E-state index in [1.54, 1.807) is 6.07 Å². The van der Waals surface area contributed by atoms with E-state index in [2.05, 4.69) is 22.0 Å². The van der Waals surface area contributed by atoms with Gasteiger partial charge in [0.05, 0.1) is 16.5 Å². The Kier molecular flexibility index (Phi) is 3.83. The van der Waals surface area contributed by atoms with Crippen molar-refractivity contribution in [3.05, 3.63) is 70.2 Å². The molecule has 1 atom stereocenters. The zero-order chi connectivity index (χ0) is 12.3. The zero-order valence-electron chi connectivity index (χ0n) is 8.90. The van der Waals surface area contributed by atoms with Crippen molar-refractivity contribution >= 4 is 27.5 Å². The number of halogens is 2. The van der Waals surface area contributed by atoms with E-state index in [0.29, 0.717) is 5.56 Å². The maximum absolute atomic E-state index is 8.87. The molecule has 0 aliphatic heterocycles.